The van der Waals surface area contributed by atoms with Gasteiger partial charge in [0, 0.05) is 11.3 Å². The Hall–Kier alpha value is -2.96. The molecule has 1 aromatic rings. The van der Waals surface area contributed by atoms with E-state index in [1.807, 2.05) is 0 Å². The quantitative estimate of drug-likeness (QED) is 0.626. The smallest absolute Gasteiger partial charge is 0.315 e. The average molecular weight is 371 g/mol. The van der Waals surface area contributed by atoms with Crippen molar-refractivity contribution in [2.24, 2.45) is 11.8 Å². The molecule has 7 heteroatoms. The Morgan fingerprint density at radius 1 is 1.19 bits per heavy atom. The van der Waals surface area contributed by atoms with Crippen LogP contribution in [-0.4, -0.2) is 37.3 Å². The number of para-hydroxylation sites is 1. The van der Waals surface area contributed by atoms with E-state index in [9.17, 15) is 19.2 Å². The van der Waals surface area contributed by atoms with Crippen molar-refractivity contribution < 1.29 is 28.7 Å². The van der Waals surface area contributed by atoms with E-state index in [0.717, 1.165) is 0 Å². The van der Waals surface area contributed by atoms with Crippen LogP contribution in [0.3, 0.4) is 0 Å². The molecule has 2 aliphatic rings. The number of carbonyl (C=O) groups excluding carboxylic acids is 4. The zero-order chi connectivity index (χ0) is 19.6. The second kappa shape index (κ2) is 7.34. The van der Waals surface area contributed by atoms with Crippen LogP contribution in [0.5, 0.6) is 0 Å². The normalized spacial score (nSPS) is 26.0. The summed E-state index contributed by atoms with van der Waals surface area (Å²) in [7, 11) is 0. The van der Waals surface area contributed by atoms with E-state index in [-0.39, 0.29) is 25.2 Å². The Bertz CT molecular complexity index is 830. The number of aldehydes is 1. The summed E-state index contributed by atoms with van der Waals surface area (Å²) >= 11 is 0. The molecule has 27 heavy (non-hydrogen) atoms. The minimum Gasteiger partial charge on any atom is -0.466 e. The number of rotatable bonds is 5. The molecule has 1 N–H and O–H groups in total. The van der Waals surface area contributed by atoms with E-state index in [0.29, 0.717) is 17.5 Å². The van der Waals surface area contributed by atoms with Crippen LogP contribution in [0.2, 0.25) is 0 Å². The van der Waals surface area contributed by atoms with Crippen molar-refractivity contribution in [3.8, 4) is 0 Å². The number of hydrogen-bond acceptors (Lipinski definition) is 6. The highest BCUT2D eigenvalue weighted by Gasteiger charge is 2.64. The number of amides is 1. The Kier molecular flexibility index (Phi) is 5.12. The summed E-state index contributed by atoms with van der Waals surface area (Å²) < 4.78 is 10.4. The lowest BCUT2D eigenvalue weighted by atomic mass is 9.57. The first kappa shape index (κ1) is 18.8. The molecule has 1 heterocycles. The molecule has 1 spiro atoms. The standard InChI is InChI=1S/C20H21NO6/c1-3-26-17(23)14-10-9-12(11-22)16(18(24)27-4-2)20(14)13-7-5-6-8-15(13)21-19(20)25/h5-9,11,14,16H,3-4,10H2,1-2H3,(H,21,25). The van der Waals surface area contributed by atoms with E-state index < -0.39 is 35.1 Å². The summed E-state index contributed by atoms with van der Waals surface area (Å²) in [5.41, 5.74) is -0.433. The molecule has 0 saturated heterocycles. The highest BCUT2D eigenvalue weighted by Crippen LogP contribution is 2.54. The van der Waals surface area contributed by atoms with Gasteiger partial charge in [-0.05, 0) is 31.9 Å². The number of hydrogen-bond donors (Lipinski definition) is 1. The minimum absolute atomic E-state index is 0.0882. The molecular weight excluding hydrogens is 350 g/mol. The molecule has 0 bridgehead atoms. The number of carbonyl (C=O) groups is 4. The average Bonchev–Trinajstić information content (AvgIpc) is 2.94. The molecule has 1 aromatic carbocycles. The van der Waals surface area contributed by atoms with Gasteiger partial charge in [0.2, 0.25) is 5.91 Å². The molecular formula is C20H21NO6. The largest absolute Gasteiger partial charge is 0.466 e. The molecule has 0 aromatic heterocycles. The van der Waals surface area contributed by atoms with E-state index in [2.05, 4.69) is 5.32 Å². The summed E-state index contributed by atoms with van der Waals surface area (Å²) in [6, 6.07) is 6.87. The summed E-state index contributed by atoms with van der Waals surface area (Å²) in [5.74, 6) is -3.97. The Labute approximate surface area is 156 Å². The number of allylic oxidation sites excluding steroid dienone is 1. The first-order valence-electron chi connectivity index (χ1n) is 8.91. The van der Waals surface area contributed by atoms with Gasteiger partial charge in [-0.1, -0.05) is 24.3 Å². The minimum atomic E-state index is -1.58. The number of nitrogens with one attached hydrogen (secondary N) is 1. The van der Waals surface area contributed by atoms with Crippen LogP contribution in [-0.2, 0) is 34.1 Å². The third-order valence-corrected chi connectivity index (χ3v) is 5.15. The van der Waals surface area contributed by atoms with E-state index in [4.69, 9.17) is 9.47 Å². The Morgan fingerprint density at radius 2 is 1.85 bits per heavy atom. The third-order valence-electron chi connectivity index (χ3n) is 5.15. The van der Waals surface area contributed by atoms with Gasteiger partial charge in [-0.25, -0.2) is 0 Å². The lowest BCUT2D eigenvalue weighted by Gasteiger charge is -2.42. The van der Waals surface area contributed by atoms with Gasteiger partial charge in [0.15, 0.2) is 0 Å². The van der Waals surface area contributed by atoms with Crippen LogP contribution >= 0.6 is 0 Å². The van der Waals surface area contributed by atoms with Crippen LogP contribution in [0.4, 0.5) is 5.69 Å². The second-order valence-corrected chi connectivity index (χ2v) is 6.42. The maximum Gasteiger partial charge on any atom is 0.315 e. The van der Waals surface area contributed by atoms with Crippen LogP contribution in [0, 0.1) is 11.8 Å². The van der Waals surface area contributed by atoms with Crippen LogP contribution in [0.25, 0.3) is 0 Å². The first-order chi connectivity index (χ1) is 13.0. The number of benzene rings is 1. The Balaban J connectivity index is 2.28. The van der Waals surface area contributed by atoms with Crippen LogP contribution < -0.4 is 5.32 Å². The van der Waals surface area contributed by atoms with Crippen molar-refractivity contribution in [3.05, 3.63) is 41.5 Å². The van der Waals surface area contributed by atoms with Crippen LogP contribution in [0.15, 0.2) is 35.9 Å². The van der Waals surface area contributed by atoms with Crippen molar-refractivity contribution in [2.75, 3.05) is 18.5 Å². The lowest BCUT2D eigenvalue weighted by molar-refractivity contribution is -0.161. The van der Waals surface area contributed by atoms with E-state index >= 15 is 0 Å². The predicted octanol–water partition coefficient (Wildman–Crippen LogP) is 1.76. The molecule has 0 fully saturated rings. The number of esters is 2. The fraction of sp³-hybridized carbons (Fsp3) is 0.400. The fourth-order valence-electron chi connectivity index (χ4n) is 4.14. The zero-order valence-electron chi connectivity index (χ0n) is 15.2. The van der Waals surface area contributed by atoms with Crippen molar-refractivity contribution in [2.45, 2.75) is 25.7 Å². The maximum absolute atomic E-state index is 13.2. The molecule has 3 atom stereocenters. The van der Waals surface area contributed by atoms with Crippen molar-refractivity contribution in [1.29, 1.82) is 0 Å². The van der Waals surface area contributed by atoms with E-state index in [1.165, 1.54) is 6.08 Å². The van der Waals surface area contributed by atoms with Gasteiger partial charge in [-0.15, -0.1) is 0 Å². The maximum atomic E-state index is 13.2. The molecule has 142 valence electrons. The predicted molar refractivity (Wildman–Crippen MR) is 95.8 cm³/mol. The van der Waals surface area contributed by atoms with Crippen molar-refractivity contribution in [3.63, 3.8) is 0 Å². The van der Waals surface area contributed by atoms with Crippen molar-refractivity contribution in [1.82, 2.24) is 0 Å². The van der Waals surface area contributed by atoms with Crippen LogP contribution in [0.1, 0.15) is 25.8 Å². The van der Waals surface area contributed by atoms with Gasteiger partial charge in [0.05, 0.1) is 19.1 Å². The first-order valence-corrected chi connectivity index (χ1v) is 8.91. The number of fused-ring (bicyclic) bond motifs is 2. The topological polar surface area (TPSA) is 98.8 Å². The summed E-state index contributed by atoms with van der Waals surface area (Å²) in [5, 5.41) is 2.76. The number of anilines is 1. The van der Waals surface area contributed by atoms with Gasteiger partial charge in [0.1, 0.15) is 17.6 Å². The van der Waals surface area contributed by atoms with Gasteiger partial charge in [-0.3, -0.25) is 19.2 Å². The summed E-state index contributed by atoms with van der Waals surface area (Å²) in [6.45, 7) is 3.54. The second-order valence-electron chi connectivity index (χ2n) is 6.42. The summed E-state index contributed by atoms with van der Waals surface area (Å²) in [6.07, 6.45) is 2.19. The van der Waals surface area contributed by atoms with Gasteiger partial charge in [0.25, 0.3) is 0 Å². The van der Waals surface area contributed by atoms with Gasteiger partial charge >= 0.3 is 11.9 Å². The molecule has 1 amide bonds. The zero-order valence-corrected chi connectivity index (χ0v) is 15.2. The lowest BCUT2D eigenvalue weighted by Crippen LogP contribution is -2.56. The monoisotopic (exact) mass is 371 g/mol. The molecule has 1 aliphatic heterocycles. The summed E-state index contributed by atoms with van der Waals surface area (Å²) in [4.78, 5) is 50.6. The van der Waals surface area contributed by atoms with Gasteiger partial charge in [-0.2, -0.15) is 0 Å². The van der Waals surface area contributed by atoms with Crippen molar-refractivity contribution >= 4 is 29.8 Å². The van der Waals surface area contributed by atoms with Gasteiger partial charge < -0.3 is 14.8 Å². The number of ether oxygens (including phenoxy) is 2. The molecule has 3 unspecified atom stereocenters. The molecule has 3 rings (SSSR count). The molecule has 0 saturated carbocycles. The Morgan fingerprint density at radius 3 is 2.52 bits per heavy atom. The SMILES string of the molecule is CCOC(=O)C1CC=C(C=O)C(C(=O)OCC)C12C(=O)Nc1ccccc12. The van der Waals surface area contributed by atoms with E-state index in [1.54, 1.807) is 38.1 Å². The third kappa shape index (κ3) is 2.74. The highest BCUT2D eigenvalue weighted by atomic mass is 16.5. The molecule has 0 radical (unpaired) electrons. The molecule has 7 nitrogen and oxygen atoms in total. The fourth-order valence-corrected chi connectivity index (χ4v) is 4.14. The molecule has 1 aliphatic carbocycles. The highest BCUT2D eigenvalue weighted by molar-refractivity contribution is 6.13.